The Morgan fingerprint density at radius 2 is 2.11 bits per heavy atom. The molecule has 0 unspecified atom stereocenters. The van der Waals surface area contributed by atoms with Gasteiger partial charge in [-0.15, -0.1) is 0 Å². The first-order valence-corrected chi connectivity index (χ1v) is 7.22. The summed E-state index contributed by atoms with van der Waals surface area (Å²) >= 11 is 3.37. The minimum absolute atomic E-state index is 0.705. The lowest BCUT2D eigenvalue weighted by Crippen LogP contribution is -2.42. The van der Waals surface area contributed by atoms with Crippen LogP contribution in [-0.4, -0.2) is 67.0 Å². The second kappa shape index (κ2) is 5.94. The van der Waals surface area contributed by atoms with E-state index in [9.17, 15) is 0 Å². The van der Waals surface area contributed by atoms with E-state index in [1.54, 1.807) is 6.20 Å². The van der Waals surface area contributed by atoms with E-state index in [1.165, 1.54) is 0 Å². The van der Waals surface area contributed by atoms with Crippen LogP contribution in [0.3, 0.4) is 0 Å². The second-order valence-corrected chi connectivity index (χ2v) is 5.36. The maximum absolute atomic E-state index is 5.36. The van der Waals surface area contributed by atoms with Crippen LogP contribution >= 0.6 is 15.9 Å². The molecule has 1 aromatic heterocycles. The van der Waals surface area contributed by atoms with Crippen molar-refractivity contribution in [1.29, 1.82) is 0 Å². The first kappa shape index (κ1) is 13.0. The number of aromatic nitrogens is 2. The topological polar surface area (TPSA) is 53.9 Å². The molecule has 2 aliphatic heterocycles. The fraction of sp³-hybridized carbons (Fsp3) is 0.583. The van der Waals surface area contributed by atoms with Gasteiger partial charge in [0.15, 0.2) is 11.6 Å². The summed E-state index contributed by atoms with van der Waals surface area (Å²) in [6.45, 7) is 6.45. The lowest BCUT2D eigenvalue weighted by atomic mass is 10.3. The van der Waals surface area contributed by atoms with E-state index in [2.05, 4.69) is 40.7 Å². The van der Waals surface area contributed by atoms with E-state index >= 15 is 0 Å². The van der Waals surface area contributed by atoms with Gasteiger partial charge < -0.3 is 9.64 Å². The van der Waals surface area contributed by atoms with Crippen LogP contribution in [0.15, 0.2) is 15.8 Å². The number of fused-ring (bicyclic) bond motifs is 1. The number of hydrogen-bond donors (Lipinski definition) is 0. The number of aliphatic imine (C=N–C) groups is 1. The Morgan fingerprint density at radius 1 is 1.26 bits per heavy atom. The number of halogens is 1. The third-order valence-corrected chi connectivity index (χ3v) is 3.69. The standard InChI is InChI=1S/C12H16BrN5O/c13-10-9-15-11-12(16-10)18(2-1-14-11)4-3-17-5-7-19-8-6-17/h1,9H,2-8H2. The molecule has 0 atom stereocenters. The Labute approximate surface area is 120 Å². The van der Waals surface area contributed by atoms with Crippen LogP contribution in [0.25, 0.3) is 0 Å². The molecule has 6 nitrogen and oxygen atoms in total. The first-order chi connectivity index (χ1) is 9.33. The third kappa shape index (κ3) is 3.10. The molecule has 0 N–H and O–H groups in total. The number of hydrogen-bond acceptors (Lipinski definition) is 6. The van der Waals surface area contributed by atoms with Gasteiger partial charge in [0, 0.05) is 32.4 Å². The Hall–Kier alpha value is -1.05. The number of rotatable bonds is 3. The molecule has 1 aromatic rings. The predicted octanol–water partition coefficient (Wildman–Crippen LogP) is 1.09. The van der Waals surface area contributed by atoms with Gasteiger partial charge in [0.25, 0.3) is 0 Å². The van der Waals surface area contributed by atoms with Gasteiger partial charge in [-0.25, -0.2) is 15.0 Å². The zero-order chi connectivity index (χ0) is 13.1. The Bertz CT molecular complexity index is 475. The highest BCUT2D eigenvalue weighted by Gasteiger charge is 2.19. The number of morpholine rings is 1. The molecule has 19 heavy (non-hydrogen) atoms. The zero-order valence-electron chi connectivity index (χ0n) is 10.6. The highest BCUT2D eigenvalue weighted by molar-refractivity contribution is 9.10. The highest BCUT2D eigenvalue weighted by Crippen LogP contribution is 2.27. The van der Waals surface area contributed by atoms with E-state index in [0.29, 0.717) is 5.82 Å². The molecular formula is C12H16BrN5O. The molecule has 0 spiro atoms. The zero-order valence-corrected chi connectivity index (χ0v) is 12.2. The molecule has 3 heterocycles. The largest absolute Gasteiger partial charge is 0.379 e. The molecule has 0 aliphatic carbocycles. The van der Waals surface area contributed by atoms with Crippen molar-refractivity contribution < 1.29 is 4.74 Å². The van der Waals surface area contributed by atoms with Gasteiger partial charge >= 0.3 is 0 Å². The minimum atomic E-state index is 0.705. The average Bonchev–Trinajstić information content (AvgIpc) is 2.46. The van der Waals surface area contributed by atoms with Crippen molar-refractivity contribution in [2.45, 2.75) is 0 Å². The summed E-state index contributed by atoms with van der Waals surface area (Å²) < 4.78 is 6.11. The molecule has 0 amide bonds. The number of nitrogens with zero attached hydrogens (tertiary/aromatic N) is 5. The van der Waals surface area contributed by atoms with Crippen molar-refractivity contribution >= 4 is 33.8 Å². The smallest absolute Gasteiger partial charge is 0.195 e. The molecule has 0 saturated carbocycles. The van der Waals surface area contributed by atoms with Crippen LogP contribution < -0.4 is 4.90 Å². The lowest BCUT2D eigenvalue weighted by molar-refractivity contribution is 0.0392. The van der Waals surface area contributed by atoms with Gasteiger partial charge in [-0.05, 0) is 15.9 Å². The lowest BCUT2D eigenvalue weighted by Gasteiger charge is -2.31. The monoisotopic (exact) mass is 325 g/mol. The van der Waals surface area contributed by atoms with Crippen molar-refractivity contribution in [3.05, 3.63) is 10.8 Å². The SMILES string of the molecule is Brc1cnc2c(n1)N(CCN1CCOCC1)CC=N2. The molecule has 0 bridgehead atoms. The van der Waals surface area contributed by atoms with Gasteiger partial charge in [0.1, 0.15) is 4.60 Å². The normalized spacial score (nSPS) is 19.5. The van der Waals surface area contributed by atoms with Crippen LogP contribution in [0.2, 0.25) is 0 Å². The van der Waals surface area contributed by atoms with Gasteiger partial charge in [-0.2, -0.15) is 0 Å². The summed E-state index contributed by atoms with van der Waals surface area (Å²) in [5, 5.41) is 0. The maximum Gasteiger partial charge on any atom is 0.195 e. The van der Waals surface area contributed by atoms with E-state index in [0.717, 1.165) is 56.4 Å². The quantitative estimate of drug-likeness (QED) is 0.832. The average molecular weight is 326 g/mol. The van der Waals surface area contributed by atoms with Crippen molar-refractivity contribution in [1.82, 2.24) is 14.9 Å². The van der Waals surface area contributed by atoms with E-state index in [-0.39, 0.29) is 0 Å². The molecule has 7 heteroatoms. The van der Waals surface area contributed by atoms with Gasteiger partial charge in [-0.1, -0.05) is 0 Å². The molecule has 102 valence electrons. The summed E-state index contributed by atoms with van der Waals surface area (Å²) in [6.07, 6.45) is 3.58. The highest BCUT2D eigenvalue weighted by atomic mass is 79.9. The van der Waals surface area contributed by atoms with Crippen molar-refractivity contribution in [2.24, 2.45) is 4.99 Å². The molecule has 0 radical (unpaired) electrons. The van der Waals surface area contributed by atoms with Crippen LogP contribution in [0.4, 0.5) is 11.6 Å². The van der Waals surface area contributed by atoms with E-state index in [4.69, 9.17) is 4.74 Å². The second-order valence-electron chi connectivity index (χ2n) is 4.55. The van der Waals surface area contributed by atoms with Crippen molar-refractivity contribution in [2.75, 3.05) is 50.8 Å². The summed E-state index contributed by atoms with van der Waals surface area (Å²) in [5.74, 6) is 1.57. The van der Waals surface area contributed by atoms with Crippen LogP contribution in [-0.2, 0) is 4.74 Å². The molecule has 1 fully saturated rings. The van der Waals surface area contributed by atoms with Crippen LogP contribution in [0, 0.1) is 0 Å². The van der Waals surface area contributed by atoms with Crippen LogP contribution in [0.1, 0.15) is 0 Å². The van der Waals surface area contributed by atoms with Crippen molar-refractivity contribution in [3.8, 4) is 0 Å². The summed E-state index contributed by atoms with van der Waals surface area (Å²) in [6, 6.07) is 0. The summed E-state index contributed by atoms with van der Waals surface area (Å²) in [7, 11) is 0. The third-order valence-electron chi connectivity index (χ3n) is 3.31. The summed E-state index contributed by atoms with van der Waals surface area (Å²) in [4.78, 5) is 17.7. The molecule has 3 rings (SSSR count). The molecule has 1 saturated heterocycles. The predicted molar refractivity (Wildman–Crippen MR) is 77.4 cm³/mol. The molecule has 2 aliphatic rings. The van der Waals surface area contributed by atoms with Gasteiger partial charge in [0.05, 0.1) is 26.0 Å². The van der Waals surface area contributed by atoms with Gasteiger partial charge in [-0.3, -0.25) is 4.90 Å². The minimum Gasteiger partial charge on any atom is -0.379 e. The van der Waals surface area contributed by atoms with E-state index in [1.807, 2.05) is 6.21 Å². The number of ether oxygens (including phenoxy) is 1. The number of anilines is 1. The first-order valence-electron chi connectivity index (χ1n) is 6.43. The fourth-order valence-electron chi connectivity index (χ4n) is 2.25. The van der Waals surface area contributed by atoms with Crippen LogP contribution in [0.5, 0.6) is 0 Å². The van der Waals surface area contributed by atoms with Crippen molar-refractivity contribution in [3.63, 3.8) is 0 Å². The van der Waals surface area contributed by atoms with E-state index < -0.39 is 0 Å². The summed E-state index contributed by atoms with van der Waals surface area (Å²) in [5.41, 5.74) is 0. The molecule has 0 aromatic carbocycles. The maximum atomic E-state index is 5.36. The van der Waals surface area contributed by atoms with Gasteiger partial charge in [0.2, 0.25) is 0 Å². The molecular weight excluding hydrogens is 310 g/mol. The Balaban J connectivity index is 1.65. The Kier molecular flexibility index (Phi) is 4.05. The fourth-order valence-corrected chi connectivity index (χ4v) is 2.52. The Morgan fingerprint density at radius 3 is 2.95 bits per heavy atom.